The molecule has 1 N–H and O–H groups in total. The summed E-state index contributed by atoms with van der Waals surface area (Å²) in [5, 5.41) is 9.01. The number of carboxylic acids is 1. The Balaban J connectivity index is 2.39. The van der Waals surface area contributed by atoms with Crippen LogP contribution in [0.15, 0.2) is 35.9 Å². The second kappa shape index (κ2) is 7.38. The van der Waals surface area contributed by atoms with Gasteiger partial charge in [0.05, 0.1) is 0 Å². The monoisotopic (exact) mass is 386 g/mol. The van der Waals surface area contributed by atoms with E-state index in [2.05, 4.69) is 4.74 Å². The number of hydrogen-bond acceptors (Lipinski definition) is 2. The highest BCUT2D eigenvalue weighted by Gasteiger charge is 2.39. The van der Waals surface area contributed by atoms with E-state index in [1.165, 1.54) is 26.0 Å². The molecular formula is C19H15F5O3. The van der Waals surface area contributed by atoms with Gasteiger partial charge in [-0.05, 0) is 61.7 Å². The van der Waals surface area contributed by atoms with Crippen LogP contribution in [0.1, 0.15) is 30.5 Å². The van der Waals surface area contributed by atoms with Crippen LogP contribution in [0.4, 0.5) is 22.0 Å². The van der Waals surface area contributed by atoms with E-state index >= 15 is 0 Å². The highest BCUT2D eigenvalue weighted by atomic mass is 19.3. The summed E-state index contributed by atoms with van der Waals surface area (Å²) in [7, 11) is 0. The van der Waals surface area contributed by atoms with Crippen molar-refractivity contribution in [3.05, 3.63) is 70.0 Å². The number of ether oxygens (including phenoxy) is 1. The van der Waals surface area contributed by atoms with Gasteiger partial charge < -0.3 is 9.84 Å². The van der Waals surface area contributed by atoms with Crippen molar-refractivity contribution >= 4 is 11.5 Å². The molecule has 2 aromatic rings. The predicted molar refractivity (Wildman–Crippen MR) is 87.9 cm³/mol. The van der Waals surface area contributed by atoms with Crippen molar-refractivity contribution in [1.29, 1.82) is 0 Å². The molecule has 0 saturated carbocycles. The maximum atomic E-state index is 14.2. The lowest BCUT2D eigenvalue weighted by Crippen LogP contribution is -2.24. The van der Waals surface area contributed by atoms with Crippen LogP contribution in [0.5, 0.6) is 5.75 Å². The van der Waals surface area contributed by atoms with E-state index in [0.717, 1.165) is 6.07 Å². The molecule has 27 heavy (non-hydrogen) atoms. The summed E-state index contributed by atoms with van der Waals surface area (Å²) < 4.78 is 72.9. The lowest BCUT2D eigenvalue weighted by molar-refractivity contribution is -0.188. The summed E-state index contributed by atoms with van der Waals surface area (Å²) >= 11 is 0. The Morgan fingerprint density at radius 1 is 1.04 bits per heavy atom. The molecule has 0 aliphatic rings. The Morgan fingerprint density at radius 3 is 2.22 bits per heavy atom. The van der Waals surface area contributed by atoms with Gasteiger partial charge in [-0.2, -0.15) is 8.78 Å². The Kier molecular flexibility index (Phi) is 5.58. The number of halogens is 5. The molecule has 0 heterocycles. The fourth-order valence-corrected chi connectivity index (χ4v) is 2.32. The molecule has 0 atom stereocenters. The maximum Gasteiger partial charge on any atom is 0.429 e. The number of allylic oxidation sites excluding steroid dienone is 1. The molecular weight excluding hydrogens is 371 g/mol. The number of carbonyl (C=O) groups is 1. The third kappa shape index (κ3) is 4.10. The minimum atomic E-state index is -4.26. The number of aliphatic carboxylic acids is 1. The molecule has 0 spiro atoms. The highest BCUT2D eigenvalue weighted by molar-refractivity contribution is 5.95. The summed E-state index contributed by atoms with van der Waals surface area (Å²) in [5.41, 5.74) is -0.245. The topological polar surface area (TPSA) is 46.5 Å². The Morgan fingerprint density at radius 2 is 1.67 bits per heavy atom. The van der Waals surface area contributed by atoms with Crippen molar-refractivity contribution < 1.29 is 36.6 Å². The first-order chi connectivity index (χ1) is 12.5. The van der Waals surface area contributed by atoms with E-state index in [1.54, 1.807) is 6.92 Å². The molecule has 0 bridgehead atoms. The van der Waals surface area contributed by atoms with E-state index in [1.807, 2.05) is 0 Å². The number of benzene rings is 2. The molecule has 0 aliphatic carbocycles. The van der Waals surface area contributed by atoms with Crippen LogP contribution in [-0.4, -0.2) is 11.1 Å². The zero-order chi connectivity index (χ0) is 20.5. The van der Waals surface area contributed by atoms with Crippen LogP contribution < -0.4 is 4.74 Å². The van der Waals surface area contributed by atoms with Crippen LogP contribution in [0, 0.1) is 24.4 Å². The summed E-state index contributed by atoms with van der Waals surface area (Å²) in [6.07, 6.45) is -4.26. The zero-order valence-corrected chi connectivity index (χ0v) is 14.5. The number of aryl methyl sites for hydroxylation is 1. The second-order valence-electron chi connectivity index (χ2n) is 5.88. The second-order valence-corrected chi connectivity index (χ2v) is 5.88. The smallest absolute Gasteiger partial charge is 0.429 e. The highest BCUT2D eigenvalue weighted by Crippen LogP contribution is 2.36. The van der Waals surface area contributed by atoms with E-state index in [4.69, 9.17) is 5.11 Å². The van der Waals surface area contributed by atoms with Crippen molar-refractivity contribution in [2.45, 2.75) is 26.9 Å². The Labute approximate surface area is 151 Å². The molecule has 3 nitrogen and oxygen atoms in total. The average molecular weight is 386 g/mol. The van der Waals surface area contributed by atoms with Gasteiger partial charge in [0.2, 0.25) is 0 Å². The van der Waals surface area contributed by atoms with Crippen LogP contribution in [0.3, 0.4) is 0 Å². The largest absolute Gasteiger partial charge is 0.478 e. The summed E-state index contributed by atoms with van der Waals surface area (Å²) in [5.74, 6) is -7.10. The third-order valence-corrected chi connectivity index (χ3v) is 4.08. The van der Waals surface area contributed by atoms with E-state index in [0.29, 0.717) is 23.3 Å². The fraction of sp³-hybridized carbons (Fsp3) is 0.211. The summed E-state index contributed by atoms with van der Waals surface area (Å²) in [6.45, 7) is 4.39. The molecule has 0 aromatic heterocycles. The quantitative estimate of drug-likeness (QED) is 0.424. The molecule has 2 aromatic carbocycles. The number of hydrogen-bond donors (Lipinski definition) is 1. The molecule has 0 amide bonds. The Hall–Kier alpha value is -2.90. The maximum absolute atomic E-state index is 14.2. The minimum absolute atomic E-state index is 0.0808. The van der Waals surface area contributed by atoms with E-state index in [-0.39, 0.29) is 16.9 Å². The first-order valence-electron chi connectivity index (χ1n) is 7.68. The first kappa shape index (κ1) is 20.4. The molecule has 0 saturated heterocycles. The van der Waals surface area contributed by atoms with E-state index in [9.17, 15) is 26.7 Å². The molecule has 0 fully saturated rings. The standard InChI is InChI=1S/C19H15F5O3/c1-9-8-12(10(2)11(3)18(25)26)4-7-15(9)27-19(23,24)13-5-6-14(20)17(22)16(13)21/h4-8H,1-3H3,(H,25,26). The van der Waals surface area contributed by atoms with Crippen molar-refractivity contribution in [2.24, 2.45) is 0 Å². The van der Waals surface area contributed by atoms with Gasteiger partial charge in [0, 0.05) is 5.57 Å². The van der Waals surface area contributed by atoms with Crippen LogP contribution in [0.2, 0.25) is 0 Å². The first-order valence-corrected chi connectivity index (χ1v) is 7.68. The number of alkyl halides is 2. The molecule has 0 aliphatic heterocycles. The molecule has 0 unspecified atom stereocenters. The number of rotatable bonds is 5. The van der Waals surface area contributed by atoms with Crippen molar-refractivity contribution in [3.8, 4) is 5.75 Å². The SMILES string of the molecule is CC(C(=O)O)=C(C)c1ccc(OC(F)(F)c2ccc(F)c(F)c2F)c(C)c1. The van der Waals surface area contributed by atoms with Gasteiger partial charge in [0.1, 0.15) is 11.3 Å². The van der Waals surface area contributed by atoms with Crippen molar-refractivity contribution in [1.82, 2.24) is 0 Å². The summed E-state index contributed by atoms with van der Waals surface area (Å²) in [4.78, 5) is 11.0. The molecule has 8 heteroatoms. The molecule has 0 radical (unpaired) electrons. The number of carboxylic acid groups (broad SMARTS) is 1. The minimum Gasteiger partial charge on any atom is -0.478 e. The Bertz CT molecular complexity index is 935. The van der Waals surface area contributed by atoms with E-state index < -0.39 is 35.1 Å². The molecule has 2 rings (SSSR count). The van der Waals surface area contributed by atoms with Gasteiger partial charge in [-0.25, -0.2) is 18.0 Å². The lowest BCUT2D eigenvalue weighted by Gasteiger charge is -2.20. The van der Waals surface area contributed by atoms with Gasteiger partial charge in [0.15, 0.2) is 17.5 Å². The van der Waals surface area contributed by atoms with Gasteiger partial charge in [0.25, 0.3) is 0 Å². The average Bonchev–Trinajstić information content (AvgIpc) is 2.59. The van der Waals surface area contributed by atoms with Gasteiger partial charge in [-0.1, -0.05) is 6.07 Å². The normalized spacial score (nSPS) is 12.6. The van der Waals surface area contributed by atoms with Crippen molar-refractivity contribution in [3.63, 3.8) is 0 Å². The summed E-state index contributed by atoms with van der Waals surface area (Å²) in [6, 6.07) is 4.73. The van der Waals surface area contributed by atoms with Gasteiger partial charge >= 0.3 is 12.1 Å². The lowest BCUT2D eigenvalue weighted by atomic mass is 10.0. The zero-order valence-electron chi connectivity index (χ0n) is 14.5. The van der Waals surface area contributed by atoms with Crippen LogP contribution in [-0.2, 0) is 10.9 Å². The van der Waals surface area contributed by atoms with Gasteiger partial charge in [-0.3, -0.25) is 0 Å². The fourth-order valence-electron chi connectivity index (χ4n) is 2.32. The van der Waals surface area contributed by atoms with Gasteiger partial charge in [-0.15, -0.1) is 0 Å². The predicted octanol–water partition coefficient (Wildman–Crippen LogP) is 5.42. The van der Waals surface area contributed by atoms with Crippen molar-refractivity contribution in [2.75, 3.05) is 0 Å². The molecule has 144 valence electrons. The van der Waals surface area contributed by atoms with Crippen LogP contribution >= 0.6 is 0 Å². The third-order valence-electron chi connectivity index (χ3n) is 4.08. The van der Waals surface area contributed by atoms with Crippen LogP contribution in [0.25, 0.3) is 5.57 Å².